The lowest BCUT2D eigenvalue weighted by atomic mass is 9.87. The van der Waals surface area contributed by atoms with E-state index in [2.05, 4.69) is 23.3 Å². The smallest absolute Gasteiger partial charge is 0.184 e. The normalized spacial score (nSPS) is 21.5. The molecule has 1 atom stereocenters. The maximum absolute atomic E-state index is 5.58. The summed E-state index contributed by atoms with van der Waals surface area (Å²) in [7, 11) is 5.55. The van der Waals surface area contributed by atoms with E-state index in [1.165, 1.54) is 16.8 Å². The molecule has 3 rings (SSSR count). The van der Waals surface area contributed by atoms with Gasteiger partial charge in [-0.3, -0.25) is 0 Å². The maximum Gasteiger partial charge on any atom is 0.184 e. The van der Waals surface area contributed by atoms with Crippen LogP contribution in [0.2, 0.25) is 0 Å². The van der Waals surface area contributed by atoms with E-state index in [0.29, 0.717) is 6.04 Å². The lowest BCUT2D eigenvalue weighted by Gasteiger charge is -2.39. The number of hydrogen-bond acceptors (Lipinski definition) is 4. The molecule has 98 valence electrons. The summed E-state index contributed by atoms with van der Waals surface area (Å²) in [5, 5.41) is 3.60. The fourth-order valence-electron chi connectivity index (χ4n) is 3.18. The molecular formula is C14H20N2O2. The predicted molar refractivity (Wildman–Crippen MR) is 71.9 cm³/mol. The molecule has 1 N–H and O–H groups in total. The van der Waals surface area contributed by atoms with Crippen molar-refractivity contribution in [2.45, 2.75) is 18.9 Å². The van der Waals surface area contributed by atoms with Gasteiger partial charge in [0.05, 0.1) is 19.9 Å². The summed E-state index contributed by atoms with van der Waals surface area (Å²) in [4.78, 5) is 2.28. The maximum atomic E-state index is 5.58. The topological polar surface area (TPSA) is 33.7 Å². The van der Waals surface area contributed by atoms with Crippen molar-refractivity contribution in [1.29, 1.82) is 0 Å². The summed E-state index contributed by atoms with van der Waals surface area (Å²) >= 11 is 0. The molecule has 0 saturated carbocycles. The first-order chi connectivity index (χ1) is 8.76. The Bertz CT molecular complexity index is 473. The Labute approximate surface area is 108 Å². The molecule has 4 heteroatoms. The fourth-order valence-corrected chi connectivity index (χ4v) is 3.18. The highest BCUT2D eigenvalue weighted by Crippen LogP contribution is 2.48. The lowest BCUT2D eigenvalue weighted by Crippen LogP contribution is -2.38. The minimum Gasteiger partial charge on any atom is -0.493 e. The fraction of sp³-hybridized carbons (Fsp3) is 0.571. The Morgan fingerprint density at radius 3 is 2.89 bits per heavy atom. The SMILES string of the molecule is COc1cc2c3c(c1OC)N(C)CCC3NCC2. The zero-order valence-electron chi connectivity index (χ0n) is 11.2. The van der Waals surface area contributed by atoms with E-state index >= 15 is 0 Å². The molecule has 0 saturated heterocycles. The van der Waals surface area contributed by atoms with Gasteiger partial charge >= 0.3 is 0 Å². The highest BCUT2D eigenvalue weighted by molar-refractivity contribution is 5.73. The summed E-state index contributed by atoms with van der Waals surface area (Å²) < 4.78 is 11.1. The zero-order chi connectivity index (χ0) is 12.7. The van der Waals surface area contributed by atoms with Gasteiger partial charge in [0, 0.05) is 19.6 Å². The van der Waals surface area contributed by atoms with Crippen LogP contribution in [0.25, 0.3) is 0 Å². The van der Waals surface area contributed by atoms with E-state index in [0.717, 1.165) is 37.4 Å². The van der Waals surface area contributed by atoms with Crippen LogP contribution < -0.4 is 19.7 Å². The standard InChI is InChI=1S/C14H20N2O2/c1-16-7-5-10-12-9(4-6-15-10)8-11(17-2)14(18-3)13(12)16/h8,10,15H,4-7H2,1-3H3. The number of methoxy groups -OCH3 is 2. The van der Waals surface area contributed by atoms with Gasteiger partial charge in [-0.1, -0.05) is 0 Å². The third-order valence-electron chi connectivity index (χ3n) is 4.04. The van der Waals surface area contributed by atoms with Crippen LogP contribution >= 0.6 is 0 Å². The summed E-state index contributed by atoms with van der Waals surface area (Å²) in [6.07, 6.45) is 2.22. The molecule has 18 heavy (non-hydrogen) atoms. The lowest BCUT2D eigenvalue weighted by molar-refractivity contribution is 0.349. The van der Waals surface area contributed by atoms with Crippen molar-refractivity contribution in [3.05, 3.63) is 17.2 Å². The summed E-state index contributed by atoms with van der Waals surface area (Å²) in [5.41, 5.74) is 4.01. The zero-order valence-corrected chi connectivity index (χ0v) is 11.2. The third-order valence-corrected chi connectivity index (χ3v) is 4.04. The minimum atomic E-state index is 0.472. The van der Waals surface area contributed by atoms with Crippen molar-refractivity contribution >= 4 is 5.69 Å². The second-order valence-corrected chi connectivity index (χ2v) is 5.00. The first kappa shape index (κ1) is 11.7. The number of hydrogen-bond donors (Lipinski definition) is 1. The van der Waals surface area contributed by atoms with Crippen molar-refractivity contribution in [3.63, 3.8) is 0 Å². The van der Waals surface area contributed by atoms with Gasteiger partial charge in [0.1, 0.15) is 0 Å². The molecular weight excluding hydrogens is 228 g/mol. The molecule has 1 aromatic carbocycles. The van der Waals surface area contributed by atoms with Crippen molar-refractivity contribution < 1.29 is 9.47 Å². The predicted octanol–water partition coefficient (Wildman–Crippen LogP) is 1.73. The van der Waals surface area contributed by atoms with E-state index in [-0.39, 0.29) is 0 Å². The van der Waals surface area contributed by atoms with Crippen molar-refractivity contribution in [2.75, 3.05) is 39.3 Å². The van der Waals surface area contributed by atoms with Gasteiger partial charge in [-0.2, -0.15) is 0 Å². The summed E-state index contributed by atoms with van der Waals surface area (Å²) in [6.45, 7) is 2.10. The van der Waals surface area contributed by atoms with Crippen molar-refractivity contribution in [1.82, 2.24) is 5.32 Å². The van der Waals surface area contributed by atoms with Crippen LogP contribution in [0.4, 0.5) is 5.69 Å². The largest absolute Gasteiger partial charge is 0.493 e. The molecule has 4 nitrogen and oxygen atoms in total. The third kappa shape index (κ3) is 1.56. The quantitative estimate of drug-likeness (QED) is 0.864. The molecule has 2 aliphatic rings. The second kappa shape index (κ2) is 4.35. The van der Waals surface area contributed by atoms with Gasteiger partial charge in [-0.15, -0.1) is 0 Å². The summed E-state index contributed by atoms with van der Waals surface area (Å²) in [6, 6.07) is 2.62. The molecule has 0 radical (unpaired) electrons. The van der Waals surface area contributed by atoms with Gasteiger partial charge in [-0.05, 0) is 36.6 Å². The van der Waals surface area contributed by atoms with Crippen LogP contribution in [0.1, 0.15) is 23.6 Å². The van der Waals surface area contributed by atoms with E-state index in [4.69, 9.17) is 9.47 Å². The van der Waals surface area contributed by atoms with Gasteiger partial charge in [0.25, 0.3) is 0 Å². The van der Waals surface area contributed by atoms with Crippen LogP contribution in [0.5, 0.6) is 11.5 Å². The van der Waals surface area contributed by atoms with Crippen LogP contribution in [0.3, 0.4) is 0 Å². The number of ether oxygens (including phenoxy) is 2. The average Bonchev–Trinajstić information content (AvgIpc) is 2.41. The molecule has 0 bridgehead atoms. The second-order valence-electron chi connectivity index (χ2n) is 5.00. The monoisotopic (exact) mass is 248 g/mol. The highest BCUT2D eigenvalue weighted by Gasteiger charge is 2.32. The molecule has 0 aromatic heterocycles. The molecule has 2 aliphatic heterocycles. The number of anilines is 1. The van der Waals surface area contributed by atoms with E-state index < -0.39 is 0 Å². The number of rotatable bonds is 2. The Hall–Kier alpha value is -1.42. The van der Waals surface area contributed by atoms with Crippen LogP contribution in [0.15, 0.2) is 6.07 Å². The average molecular weight is 248 g/mol. The van der Waals surface area contributed by atoms with E-state index in [1.54, 1.807) is 14.2 Å². The number of benzene rings is 1. The molecule has 0 aliphatic carbocycles. The number of nitrogens with zero attached hydrogens (tertiary/aromatic N) is 1. The minimum absolute atomic E-state index is 0.472. The molecule has 0 amide bonds. The Kier molecular flexibility index (Phi) is 2.82. The Morgan fingerprint density at radius 1 is 1.33 bits per heavy atom. The Morgan fingerprint density at radius 2 is 2.17 bits per heavy atom. The van der Waals surface area contributed by atoms with E-state index in [1.807, 2.05) is 0 Å². The first-order valence-electron chi connectivity index (χ1n) is 6.48. The summed E-state index contributed by atoms with van der Waals surface area (Å²) in [5.74, 6) is 1.72. The van der Waals surface area contributed by atoms with Crippen LogP contribution in [0, 0.1) is 0 Å². The van der Waals surface area contributed by atoms with Gasteiger partial charge in [0.15, 0.2) is 11.5 Å². The van der Waals surface area contributed by atoms with E-state index in [9.17, 15) is 0 Å². The van der Waals surface area contributed by atoms with Crippen molar-refractivity contribution in [3.8, 4) is 11.5 Å². The Balaban J connectivity index is 2.26. The highest BCUT2D eigenvalue weighted by atomic mass is 16.5. The van der Waals surface area contributed by atoms with Gasteiger partial charge in [0.2, 0.25) is 0 Å². The molecule has 2 heterocycles. The van der Waals surface area contributed by atoms with Crippen LogP contribution in [-0.2, 0) is 6.42 Å². The molecule has 0 fully saturated rings. The number of nitrogens with one attached hydrogen (secondary N) is 1. The first-order valence-corrected chi connectivity index (χ1v) is 6.48. The molecule has 1 aromatic rings. The molecule has 0 spiro atoms. The molecule has 1 unspecified atom stereocenters. The van der Waals surface area contributed by atoms with Gasteiger partial charge < -0.3 is 19.7 Å². The van der Waals surface area contributed by atoms with Crippen LogP contribution in [-0.4, -0.2) is 34.4 Å². The van der Waals surface area contributed by atoms with Gasteiger partial charge in [-0.25, -0.2) is 0 Å². The van der Waals surface area contributed by atoms with Crippen molar-refractivity contribution in [2.24, 2.45) is 0 Å².